The van der Waals surface area contributed by atoms with E-state index in [0.29, 0.717) is 0 Å². The largest absolute Gasteiger partial charge is 0.488 e. The lowest BCUT2D eigenvalue weighted by molar-refractivity contribution is 0.246. The van der Waals surface area contributed by atoms with E-state index < -0.39 is 0 Å². The highest BCUT2D eigenvalue weighted by Gasteiger charge is 2.22. The van der Waals surface area contributed by atoms with E-state index in [4.69, 9.17) is 4.74 Å². The fourth-order valence-corrected chi connectivity index (χ4v) is 2.53. The Morgan fingerprint density at radius 3 is 3.05 bits per heavy atom. The van der Waals surface area contributed by atoms with Gasteiger partial charge in [0.1, 0.15) is 11.9 Å². The van der Waals surface area contributed by atoms with Crippen LogP contribution in [0.2, 0.25) is 0 Å². The second kappa shape index (κ2) is 4.96. The molecule has 0 fully saturated rings. The number of aromatic nitrogens is 2. The number of para-hydroxylation sites is 1. The first kappa shape index (κ1) is 12.1. The SMILES string of the molecule is CCc1nn(C)cc1NCC1Cc2ccccc2O1. The number of anilines is 1. The minimum absolute atomic E-state index is 0.210. The van der Waals surface area contributed by atoms with Crippen LogP contribution in [0.3, 0.4) is 0 Å². The van der Waals surface area contributed by atoms with Gasteiger partial charge in [0.25, 0.3) is 0 Å². The van der Waals surface area contributed by atoms with Crippen molar-refractivity contribution >= 4 is 5.69 Å². The second-order valence-corrected chi connectivity index (χ2v) is 4.95. The molecule has 2 aromatic rings. The molecule has 1 N–H and O–H groups in total. The molecule has 1 aromatic heterocycles. The van der Waals surface area contributed by atoms with Crippen LogP contribution in [-0.4, -0.2) is 22.4 Å². The Morgan fingerprint density at radius 1 is 1.42 bits per heavy atom. The van der Waals surface area contributed by atoms with E-state index in [1.54, 1.807) is 0 Å². The maximum Gasteiger partial charge on any atom is 0.123 e. The Bertz CT molecular complexity index is 552. The van der Waals surface area contributed by atoms with Gasteiger partial charge in [0.15, 0.2) is 0 Å². The zero-order chi connectivity index (χ0) is 13.2. The summed E-state index contributed by atoms with van der Waals surface area (Å²) in [5.41, 5.74) is 3.53. The number of hydrogen-bond donors (Lipinski definition) is 1. The summed E-state index contributed by atoms with van der Waals surface area (Å²) in [5, 5.41) is 7.88. The molecule has 0 spiro atoms. The maximum atomic E-state index is 5.92. The summed E-state index contributed by atoms with van der Waals surface area (Å²) in [6.45, 7) is 2.93. The lowest BCUT2D eigenvalue weighted by Gasteiger charge is -2.12. The Balaban J connectivity index is 1.62. The molecule has 0 aliphatic carbocycles. The quantitative estimate of drug-likeness (QED) is 0.914. The first-order valence-electron chi connectivity index (χ1n) is 6.77. The predicted molar refractivity (Wildman–Crippen MR) is 75.6 cm³/mol. The number of nitrogens with zero attached hydrogens (tertiary/aromatic N) is 2. The molecule has 1 unspecified atom stereocenters. The molecule has 0 saturated carbocycles. The third-order valence-corrected chi connectivity index (χ3v) is 3.47. The average Bonchev–Trinajstić information content (AvgIpc) is 2.98. The molecule has 0 radical (unpaired) electrons. The van der Waals surface area contributed by atoms with Gasteiger partial charge in [-0.05, 0) is 18.1 Å². The molecule has 100 valence electrons. The topological polar surface area (TPSA) is 39.1 Å². The summed E-state index contributed by atoms with van der Waals surface area (Å²) in [5.74, 6) is 1.02. The van der Waals surface area contributed by atoms with Crippen molar-refractivity contribution in [1.82, 2.24) is 9.78 Å². The van der Waals surface area contributed by atoms with Crippen LogP contribution in [0, 0.1) is 0 Å². The highest BCUT2D eigenvalue weighted by molar-refractivity contribution is 5.47. The monoisotopic (exact) mass is 257 g/mol. The van der Waals surface area contributed by atoms with E-state index >= 15 is 0 Å². The van der Waals surface area contributed by atoms with Crippen molar-refractivity contribution in [2.75, 3.05) is 11.9 Å². The summed E-state index contributed by atoms with van der Waals surface area (Å²) in [6, 6.07) is 8.26. The van der Waals surface area contributed by atoms with E-state index in [1.165, 1.54) is 5.56 Å². The number of nitrogens with one attached hydrogen (secondary N) is 1. The van der Waals surface area contributed by atoms with Crippen molar-refractivity contribution in [3.05, 3.63) is 41.7 Å². The molecular weight excluding hydrogens is 238 g/mol. The van der Waals surface area contributed by atoms with Gasteiger partial charge < -0.3 is 10.1 Å². The molecule has 3 rings (SSSR count). The minimum atomic E-state index is 0.210. The zero-order valence-electron chi connectivity index (χ0n) is 11.4. The van der Waals surface area contributed by atoms with Crippen molar-refractivity contribution < 1.29 is 4.74 Å². The van der Waals surface area contributed by atoms with E-state index in [0.717, 1.165) is 36.5 Å². The highest BCUT2D eigenvalue weighted by Crippen LogP contribution is 2.28. The fourth-order valence-electron chi connectivity index (χ4n) is 2.53. The summed E-state index contributed by atoms with van der Waals surface area (Å²) in [7, 11) is 1.95. The third kappa shape index (κ3) is 2.43. The normalized spacial score (nSPS) is 17.1. The summed E-state index contributed by atoms with van der Waals surface area (Å²) < 4.78 is 7.77. The van der Waals surface area contributed by atoms with Crippen molar-refractivity contribution in [3.63, 3.8) is 0 Å². The summed E-state index contributed by atoms with van der Waals surface area (Å²) in [6.07, 6.45) is 4.16. The smallest absolute Gasteiger partial charge is 0.123 e. The van der Waals surface area contributed by atoms with Crippen LogP contribution in [0.4, 0.5) is 5.69 Å². The Morgan fingerprint density at radius 2 is 2.26 bits per heavy atom. The van der Waals surface area contributed by atoms with Gasteiger partial charge in [0.05, 0.1) is 17.9 Å². The molecule has 1 aromatic carbocycles. The lowest BCUT2D eigenvalue weighted by atomic mass is 10.1. The van der Waals surface area contributed by atoms with E-state index in [9.17, 15) is 0 Å². The Labute approximate surface area is 113 Å². The van der Waals surface area contributed by atoms with Crippen molar-refractivity contribution in [2.45, 2.75) is 25.9 Å². The maximum absolute atomic E-state index is 5.92. The lowest BCUT2D eigenvalue weighted by Crippen LogP contribution is -2.24. The van der Waals surface area contributed by atoms with Crippen molar-refractivity contribution in [2.24, 2.45) is 7.05 Å². The number of aryl methyl sites for hydroxylation is 2. The van der Waals surface area contributed by atoms with Gasteiger partial charge in [-0.1, -0.05) is 25.1 Å². The molecule has 0 bridgehead atoms. The molecule has 2 heterocycles. The van der Waals surface area contributed by atoms with E-state index in [2.05, 4.69) is 29.5 Å². The van der Waals surface area contributed by atoms with E-state index in [1.807, 2.05) is 30.1 Å². The van der Waals surface area contributed by atoms with Crippen LogP contribution < -0.4 is 10.1 Å². The van der Waals surface area contributed by atoms with Crippen LogP contribution in [0.15, 0.2) is 30.5 Å². The number of benzene rings is 1. The Hall–Kier alpha value is -1.97. The number of hydrogen-bond acceptors (Lipinski definition) is 3. The average molecular weight is 257 g/mol. The van der Waals surface area contributed by atoms with Crippen LogP contribution >= 0.6 is 0 Å². The van der Waals surface area contributed by atoms with Gasteiger partial charge in [-0.25, -0.2) is 0 Å². The molecular formula is C15H19N3O. The molecule has 4 nitrogen and oxygen atoms in total. The minimum Gasteiger partial charge on any atom is -0.488 e. The van der Waals surface area contributed by atoms with Gasteiger partial charge >= 0.3 is 0 Å². The first-order valence-corrected chi connectivity index (χ1v) is 6.77. The molecule has 1 aliphatic rings. The number of rotatable bonds is 4. The standard InChI is InChI=1S/C15H19N3O/c1-3-13-14(10-18(2)17-13)16-9-12-8-11-6-4-5-7-15(11)19-12/h4-7,10,12,16H,3,8-9H2,1-2H3. The molecule has 19 heavy (non-hydrogen) atoms. The van der Waals surface area contributed by atoms with Crippen LogP contribution in [-0.2, 0) is 19.9 Å². The van der Waals surface area contributed by atoms with Crippen molar-refractivity contribution in [3.8, 4) is 5.75 Å². The Kier molecular flexibility index (Phi) is 3.15. The molecule has 0 amide bonds. The molecule has 0 saturated heterocycles. The number of fused-ring (bicyclic) bond motifs is 1. The zero-order valence-corrected chi connectivity index (χ0v) is 11.4. The number of ether oxygens (including phenoxy) is 1. The summed E-state index contributed by atoms with van der Waals surface area (Å²) in [4.78, 5) is 0. The van der Waals surface area contributed by atoms with Gasteiger partial charge in [-0.3, -0.25) is 4.68 Å². The van der Waals surface area contributed by atoms with Crippen molar-refractivity contribution in [1.29, 1.82) is 0 Å². The highest BCUT2D eigenvalue weighted by atomic mass is 16.5. The predicted octanol–water partition coefficient (Wildman–Crippen LogP) is 2.40. The van der Waals surface area contributed by atoms with Crippen LogP contribution in [0.25, 0.3) is 0 Å². The van der Waals surface area contributed by atoms with E-state index in [-0.39, 0.29) is 6.10 Å². The summed E-state index contributed by atoms with van der Waals surface area (Å²) >= 11 is 0. The van der Waals surface area contributed by atoms with Crippen LogP contribution in [0.5, 0.6) is 5.75 Å². The fraction of sp³-hybridized carbons (Fsp3) is 0.400. The van der Waals surface area contributed by atoms with Gasteiger partial charge in [-0.2, -0.15) is 5.10 Å². The molecule has 4 heteroatoms. The van der Waals surface area contributed by atoms with Gasteiger partial charge in [0, 0.05) is 19.7 Å². The van der Waals surface area contributed by atoms with Gasteiger partial charge in [0.2, 0.25) is 0 Å². The van der Waals surface area contributed by atoms with Crippen LogP contribution in [0.1, 0.15) is 18.2 Å². The second-order valence-electron chi connectivity index (χ2n) is 4.95. The third-order valence-electron chi connectivity index (χ3n) is 3.47. The van der Waals surface area contributed by atoms with Gasteiger partial charge in [-0.15, -0.1) is 0 Å². The molecule has 1 atom stereocenters. The molecule has 1 aliphatic heterocycles. The first-order chi connectivity index (χ1) is 9.26.